The van der Waals surface area contributed by atoms with Crippen molar-refractivity contribution in [3.8, 4) is 11.8 Å². The van der Waals surface area contributed by atoms with Crippen molar-refractivity contribution in [1.29, 1.82) is 0 Å². The number of hydrogen-bond donors (Lipinski definition) is 2. The predicted octanol–water partition coefficient (Wildman–Crippen LogP) is -0.487. The highest BCUT2D eigenvalue weighted by atomic mass is 32.3. The van der Waals surface area contributed by atoms with E-state index in [2.05, 4.69) is 16.6 Å². The molecule has 0 spiro atoms. The van der Waals surface area contributed by atoms with Gasteiger partial charge in [-0.1, -0.05) is 11.8 Å². The van der Waals surface area contributed by atoms with Crippen molar-refractivity contribution < 1.29 is 21.9 Å². The highest BCUT2D eigenvalue weighted by molar-refractivity contribution is 8.06. The van der Waals surface area contributed by atoms with Crippen molar-refractivity contribution in [2.75, 3.05) is 17.9 Å². The fourth-order valence-electron chi connectivity index (χ4n) is 1.17. The first kappa shape index (κ1) is 16.1. The summed E-state index contributed by atoms with van der Waals surface area (Å²) in [5.74, 6) is 5.17. The Labute approximate surface area is 116 Å². The molecule has 0 fully saturated rings. The average Bonchev–Trinajstić information content (AvgIpc) is 2.68. The van der Waals surface area contributed by atoms with E-state index in [1.165, 1.54) is 11.3 Å². The molecule has 106 valence electrons. The lowest BCUT2D eigenvalue weighted by Gasteiger charge is -2.03. The van der Waals surface area contributed by atoms with Gasteiger partial charge in [-0.05, 0) is 12.1 Å². The van der Waals surface area contributed by atoms with Gasteiger partial charge >= 0.3 is 0 Å². The van der Waals surface area contributed by atoms with E-state index in [0.717, 1.165) is 6.26 Å². The zero-order valence-electron chi connectivity index (χ0n) is 10.1. The number of rotatable bonds is 5. The molecule has 0 unspecified atom stereocenters. The van der Waals surface area contributed by atoms with Crippen molar-refractivity contribution in [3.63, 3.8) is 0 Å². The number of sulfonamides is 1. The predicted molar refractivity (Wildman–Crippen MR) is 73.8 cm³/mol. The molecule has 0 aromatic carbocycles. The smallest absolute Gasteiger partial charge is 0.226 e. The molecule has 9 heteroatoms. The molecule has 0 saturated heterocycles. The molecule has 0 aliphatic rings. The number of thiophene rings is 1. The minimum Gasteiger partial charge on any atom is -0.384 e. The maximum absolute atomic E-state index is 11.5. The van der Waals surface area contributed by atoms with Gasteiger partial charge in [0.05, 0.1) is 4.88 Å². The van der Waals surface area contributed by atoms with Crippen LogP contribution >= 0.6 is 11.3 Å². The number of nitrogens with one attached hydrogen (secondary N) is 1. The Morgan fingerprint density at radius 3 is 2.58 bits per heavy atom. The van der Waals surface area contributed by atoms with Crippen LogP contribution in [-0.2, 0) is 26.4 Å². The fraction of sp³-hybridized carbons (Fsp3) is 0.400. The Bertz CT molecular complexity index is 691. The first-order valence-electron chi connectivity index (χ1n) is 5.05. The van der Waals surface area contributed by atoms with Gasteiger partial charge in [0.25, 0.3) is 0 Å². The summed E-state index contributed by atoms with van der Waals surface area (Å²) in [6.07, 6.45) is 0.861. The van der Waals surface area contributed by atoms with Gasteiger partial charge in [-0.3, -0.25) is 0 Å². The molecule has 1 aromatic rings. The molecule has 0 amide bonds. The van der Waals surface area contributed by atoms with Crippen LogP contribution in [0.1, 0.15) is 9.75 Å². The molecule has 0 saturated carbocycles. The fourth-order valence-corrected chi connectivity index (χ4v) is 5.05. The second kappa shape index (κ2) is 6.49. The Morgan fingerprint density at radius 2 is 2.00 bits per heavy atom. The minimum atomic E-state index is -3.85. The van der Waals surface area contributed by atoms with Gasteiger partial charge in [-0.25, -0.2) is 21.6 Å². The topological polar surface area (TPSA) is 101 Å². The van der Waals surface area contributed by atoms with Crippen molar-refractivity contribution in [2.24, 2.45) is 0 Å². The minimum absolute atomic E-state index is 0.0172. The third-order valence-corrected chi connectivity index (χ3v) is 6.33. The highest BCUT2D eigenvalue weighted by Crippen LogP contribution is 2.15. The second-order valence-electron chi connectivity index (χ2n) is 3.71. The van der Waals surface area contributed by atoms with Gasteiger partial charge in [-0.15, -0.1) is 11.3 Å². The molecule has 1 aromatic heterocycles. The van der Waals surface area contributed by atoms with Crippen LogP contribution in [0.25, 0.3) is 0 Å². The summed E-state index contributed by atoms with van der Waals surface area (Å²) in [7, 11) is -7.44. The van der Waals surface area contributed by atoms with Crippen LogP contribution in [0.4, 0.5) is 0 Å². The second-order valence-corrected chi connectivity index (χ2v) is 9.19. The molecule has 0 bridgehead atoms. The lowest BCUT2D eigenvalue weighted by molar-refractivity contribution is 0.350. The molecule has 0 aliphatic heterocycles. The lowest BCUT2D eigenvalue weighted by Crippen LogP contribution is -2.29. The van der Waals surface area contributed by atoms with Gasteiger partial charge in [-0.2, -0.15) is 0 Å². The van der Waals surface area contributed by atoms with Crippen molar-refractivity contribution in [3.05, 3.63) is 21.9 Å². The number of hydrogen-bond acceptors (Lipinski definition) is 6. The summed E-state index contributed by atoms with van der Waals surface area (Å²) in [4.78, 5) is 1.41. The van der Waals surface area contributed by atoms with Gasteiger partial charge in [0.1, 0.15) is 6.61 Å². The monoisotopic (exact) mass is 323 g/mol. The van der Waals surface area contributed by atoms with Crippen LogP contribution in [0, 0.1) is 11.8 Å². The summed E-state index contributed by atoms with van der Waals surface area (Å²) in [5.41, 5.74) is 0. The lowest BCUT2D eigenvalue weighted by atomic mass is 10.4. The highest BCUT2D eigenvalue weighted by Gasteiger charge is 2.17. The zero-order chi connectivity index (χ0) is 14.5. The third-order valence-electron chi connectivity index (χ3n) is 1.79. The van der Waals surface area contributed by atoms with Crippen LogP contribution < -0.4 is 4.72 Å². The van der Waals surface area contributed by atoms with E-state index in [1.807, 2.05) is 0 Å². The summed E-state index contributed by atoms with van der Waals surface area (Å²) >= 11 is 1.27. The maximum Gasteiger partial charge on any atom is 0.226 e. The van der Waals surface area contributed by atoms with Crippen LogP contribution in [0.3, 0.4) is 0 Å². The number of aliphatic hydroxyl groups excluding tert-OH is 1. The normalized spacial score (nSPS) is 11.9. The molecular formula is C10H13NO5S3. The standard InChI is InChI=1S/C10H13NO5S3/c1-18(13,14)8-19(15,16)11-7-10-5-4-9(17-10)3-2-6-12/h4-5,11-12H,6-8H2,1H3. The van der Waals surface area contributed by atoms with Crippen LogP contribution in [0.5, 0.6) is 0 Å². The zero-order valence-corrected chi connectivity index (χ0v) is 12.5. The summed E-state index contributed by atoms with van der Waals surface area (Å²) in [6.45, 7) is -0.225. The van der Waals surface area contributed by atoms with E-state index in [1.54, 1.807) is 12.1 Å². The van der Waals surface area contributed by atoms with Gasteiger partial charge in [0.2, 0.25) is 10.0 Å². The van der Waals surface area contributed by atoms with Crippen molar-refractivity contribution >= 4 is 31.2 Å². The molecule has 2 N–H and O–H groups in total. The summed E-state index contributed by atoms with van der Waals surface area (Å²) < 4.78 is 47.0. The van der Waals surface area contributed by atoms with Crippen LogP contribution in [0.15, 0.2) is 12.1 Å². The number of sulfone groups is 1. The SMILES string of the molecule is CS(=O)(=O)CS(=O)(=O)NCc1ccc(C#CCO)s1. The van der Waals surface area contributed by atoms with E-state index in [-0.39, 0.29) is 13.2 Å². The quantitative estimate of drug-likeness (QED) is 0.713. The molecule has 19 heavy (non-hydrogen) atoms. The van der Waals surface area contributed by atoms with Gasteiger partial charge < -0.3 is 5.11 Å². The van der Waals surface area contributed by atoms with E-state index in [4.69, 9.17) is 5.11 Å². The van der Waals surface area contributed by atoms with E-state index < -0.39 is 24.9 Å². The largest absolute Gasteiger partial charge is 0.384 e. The number of aliphatic hydroxyl groups is 1. The Kier molecular flexibility index (Phi) is 5.51. The van der Waals surface area contributed by atoms with Gasteiger partial charge in [0, 0.05) is 17.7 Å². The van der Waals surface area contributed by atoms with E-state index in [0.29, 0.717) is 9.75 Å². The third kappa shape index (κ3) is 6.70. The molecule has 1 heterocycles. The van der Waals surface area contributed by atoms with Crippen molar-refractivity contribution in [2.45, 2.75) is 6.54 Å². The maximum atomic E-state index is 11.5. The van der Waals surface area contributed by atoms with Crippen LogP contribution in [-0.4, -0.2) is 39.9 Å². The Hall–Kier alpha value is -0.920. The first-order chi connectivity index (χ1) is 8.72. The molecule has 1 rings (SSSR count). The molecule has 0 radical (unpaired) electrons. The molecular weight excluding hydrogens is 310 g/mol. The van der Waals surface area contributed by atoms with Crippen LogP contribution in [0.2, 0.25) is 0 Å². The Morgan fingerprint density at radius 1 is 1.32 bits per heavy atom. The average molecular weight is 323 g/mol. The van der Waals surface area contributed by atoms with Crippen molar-refractivity contribution in [1.82, 2.24) is 4.72 Å². The molecule has 0 aliphatic carbocycles. The molecule has 0 atom stereocenters. The van der Waals surface area contributed by atoms with Gasteiger partial charge in [0.15, 0.2) is 14.9 Å². The first-order valence-corrected chi connectivity index (χ1v) is 9.58. The summed E-state index contributed by atoms with van der Waals surface area (Å²) in [6, 6.07) is 3.39. The Balaban J connectivity index is 2.65. The van der Waals surface area contributed by atoms with E-state index in [9.17, 15) is 16.8 Å². The van der Waals surface area contributed by atoms with E-state index >= 15 is 0 Å². The summed E-state index contributed by atoms with van der Waals surface area (Å²) in [5, 5.41) is 7.61. The molecule has 6 nitrogen and oxygen atoms in total.